The molecule has 0 aromatic rings. The van der Waals surface area contributed by atoms with Crippen molar-refractivity contribution in [3.05, 3.63) is 24.3 Å². The van der Waals surface area contributed by atoms with Crippen molar-refractivity contribution in [2.75, 3.05) is 145 Å². The molecule has 4 fully saturated rings. The van der Waals surface area contributed by atoms with Gasteiger partial charge >= 0.3 is 23.9 Å². The van der Waals surface area contributed by atoms with Crippen molar-refractivity contribution in [3.63, 3.8) is 0 Å². The van der Waals surface area contributed by atoms with E-state index in [9.17, 15) is 19.2 Å². The van der Waals surface area contributed by atoms with Gasteiger partial charge in [0, 0.05) is 76.7 Å². The fourth-order valence-corrected chi connectivity index (χ4v) is 7.94. The predicted octanol–water partition coefficient (Wildman–Crippen LogP) is 3.80. The zero-order chi connectivity index (χ0) is 43.7. The Morgan fingerprint density at radius 2 is 0.645 bits per heavy atom. The molecule has 0 amide bonds. The van der Waals surface area contributed by atoms with Crippen LogP contribution in [0.5, 0.6) is 0 Å². The third kappa shape index (κ3) is 24.8. The quantitative estimate of drug-likeness (QED) is 0.0429. The standard InChI is InChI=1S/C46H78N4O12/c51-43(59-29-11-3-1-7-19-47-23-33-55-34-24-47)15-16-44(52)60-30-12-4-2-8-21-49-27-37-57-41(39-49)42-40-50(28-38-58-42)22-10-6-14-32-62-46(54)18-17-45(53)61-31-13-5-9-20-48-25-35-56-36-26-48/h15-18,41-42H,1-14,19-40H2/b16-15+,18-17+. The fourth-order valence-electron chi connectivity index (χ4n) is 7.94. The summed E-state index contributed by atoms with van der Waals surface area (Å²) in [7, 11) is 0. The van der Waals surface area contributed by atoms with Crippen molar-refractivity contribution in [2.45, 2.75) is 102 Å². The van der Waals surface area contributed by atoms with Gasteiger partial charge in [0.25, 0.3) is 0 Å². The molecule has 2 unspecified atom stereocenters. The molecule has 16 nitrogen and oxygen atoms in total. The largest absolute Gasteiger partial charge is 0.463 e. The van der Waals surface area contributed by atoms with Crippen LogP contribution in [0.15, 0.2) is 24.3 Å². The summed E-state index contributed by atoms with van der Waals surface area (Å²) < 4.78 is 44.0. The summed E-state index contributed by atoms with van der Waals surface area (Å²) in [6.07, 6.45) is 18.2. The minimum atomic E-state index is -0.527. The first-order valence-electron chi connectivity index (χ1n) is 23.8. The molecule has 4 aliphatic heterocycles. The van der Waals surface area contributed by atoms with Crippen molar-refractivity contribution < 1.29 is 57.1 Å². The van der Waals surface area contributed by atoms with Crippen LogP contribution in [-0.2, 0) is 57.1 Å². The Hall–Kier alpha value is -2.96. The van der Waals surface area contributed by atoms with Crippen LogP contribution in [-0.4, -0.2) is 200 Å². The number of ether oxygens (including phenoxy) is 8. The maximum Gasteiger partial charge on any atom is 0.331 e. The maximum atomic E-state index is 12.0. The monoisotopic (exact) mass is 879 g/mol. The van der Waals surface area contributed by atoms with E-state index < -0.39 is 23.9 Å². The average molecular weight is 879 g/mol. The number of unbranched alkanes of at least 4 members (excludes halogenated alkanes) is 10. The van der Waals surface area contributed by atoms with Gasteiger partial charge in [0.05, 0.1) is 78.3 Å². The summed E-state index contributed by atoms with van der Waals surface area (Å²) in [6, 6.07) is 0. The molecule has 0 aliphatic carbocycles. The Bertz CT molecular complexity index is 1290. The Labute approximate surface area is 370 Å². The fraction of sp³-hybridized carbons (Fsp3) is 0.826. The van der Waals surface area contributed by atoms with E-state index >= 15 is 0 Å². The molecule has 62 heavy (non-hydrogen) atoms. The molecule has 4 saturated heterocycles. The lowest BCUT2D eigenvalue weighted by molar-refractivity contribution is -0.140. The molecule has 16 heteroatoms. The number of carbonyl (C=O) groups is 4. The first-order valence-corrected chi connectivity index (χ1v) is 23.8. The molecule has 4 heterocycles. The molecule has 2 atom stereocenters. The van der Waals surface area contributed by atoms with Crippen LogP contribution in [0.4, 0.5) is 0 Å². The molecule has 4 rings (SSSR count). The van der Waals surface area contributed by atoms with Crippen LogP contribution in [0.1, 0.15) is 89.9 Å². The van der Waals surface area contributed by atoms with Crippen molar-refractivity contribution in [3.8, 4) is 0 Å². The van der Waals surface area contributed by atoms with E-state index in [2.05, 4.69) is 19.6 Å². The van der Waals surface area contributed by atoms with E-state index in [0.717, 1.165) is 219 Å². The van der Waals surface area contributed by atoms with Gasteiger partial charge in [-0.2, -0.15) is 0 Å². The smallest absolute Gasteiger partial charge is 0.331 e. The number of esters is 4. The van der Waals surface area contributed by atoms with Gasteiger partial charge in [-0.3, -0.25) is 19.6 Å². The van der Waals surface area contributed by atoms with Crippen LogP contribution in [0.3, 0.4) is 0 Å². The van der Waals surface area contributed by atoms with Gasteiger partial charge in [-0.25, -0.2) is 19.2 Å². The summed E-state index contributed by atoms with van der Waals surface area (Å²) >= 11 is 0. The highest BCUT2D eigenvalue weighted by Gasteiger charge is 2.32. The molecule has 0 bridgehead atoms. The lowest BCUT2D eigenvalue weighted by Gasteiger charge is -2.41. The second-order valence-corrected chi connectivity index (χ2v) is 16.6. The SMILES string of the molecule is O=C(/C=C/C(=O)OCCCCCCN1CCOC(C2CN(CCCCCOC(=O)/C=C/C(=O)OCCCCCN3CCOCC3)CCO2)C1)OCCCCCCN1CCOCC1. The highest BCUT2D eigenvalue weighted by atomic mass is 16.6. The molecule has 0 aromatic carbocycles. The molecular formula is C46H78N4O12. The van der Waals surface area contributed by atoms with Crippen molar-refractivity contribution in [2.24, 2.45) is 0 Å². The van der Waals surface area contributed by atoms with Gasteiger partial charge < -0.3 is 37.9 Å². The lowest BCUT2D eigenvalue weighted by atomic mass is 10.1. The summed E-state index contributed by atoms with van der Waals surface area (Å²) in [4.78, 5) is 57.6. The number of morpholine rings is 4. The van der Waals surface area contributed by atoms with Gasteiger partial charge in [0.1, 0.15) is 0 Å². The molecule has 0 aromatic heterocycles. The van der Waals surface area contributed by atoms with Crippen LogP contribution in [0.25, 0.3) is 0 Å². The Balaban J connectivity index is 0.916. The van der Waals surface area contributed by atoms with Crippen LogP contribution < -0.4 is 0 Å². The molecule has 0 radical (unpaired) electrons. The van der Waals surface area contributed by atoms with E-state index in [4.69, 9.17) is 37.9 Å². The number of rotatable bonds is 31. The highest BCUT2D eigenvalue weighted by Crippen LogP contribution is 2.18. The maximum absolute atomic E-state index is 12.0. The first-order chi connectivity index (χ1) is 30.4. The number of hydrogen-bond acceptors (Lipinski definition) is 16. The Morgan fingerprint density at radius 1 is 0.371 bits per heavy atom. The molecule has 0 spiro atoms. The third-order valence-electron chi connectivity index (χ3n) is 11.6. The number of nitrogens with zero attached hydrogens (tertiary/aromatic N) is 4. The zero-order valence-electron chi connectivity index (χ0n) is 37.6. The zero-order valence-corrected chi connectivity index (χ0v) is 37.6. The van der Waals surface area contributed by atoms with E-state index in [0.29, 0.717) is 39.6 Å². The van der Waals surface area contributed by atoms with Crippen molar-refractivity contribution >= 4 is 23.9 Å². The van der Waals surface area contributed by atoms with Crippen LogP contribution in [0, 0.1) is 0 Å². The summed E-state index contributed by atoms with van der Waals surface area (Å²) in [6.45, 7) is 17.6. The minimum absolute atomic E-state index is 0.0396. The van der Waals surface area contributed by atoms with Gasteiger partial charge in [-0.15, -0.1) is 0 Å². The van der Waals surface area contributed by atoms with E-state index in [1.807, 2.05) is 0 Å². The summed E-state index contributed by atoms with van der Waals surface area (Å²) in [5.74, 6) is -2.08. The lowest BCUT2D eigenvalue weighted by Crippen LogP contribution is -2.54. The second-order valence-electron chi connectivity index (χ2n) is 16.6. The first kappa shape index (κ1) is 51.7. The van der Waals surface area contributed by atoms with Crippen LogP contribution >= 0.6 is 0 Å². The van der Waals surface area contributed by atoms with Gasteiger partial charge in [0.15, 0.2) is 0 Å². The van der Waals surface area contributed by atoms with E-state index in [1.54, 1.807) is 0 Å². The minimum Gasteiger partial charge on any atom is -0.463 e. The second kappa shape index (κ2) is 33.5. The van der Waals surface area contributed by atoms with Gasteiger partial charge in [-0.1, -0.05) is 25.7 Å². The van der Waals surface area contributed by atoms with Crippen LogP contribution in [0.2, 0.25) is 0 Å². The highest BCUT2D eigenvalue weighted by molar-refractivity contribution is 5.92. The average Bonchev–Trinajstić information content (AvgIpc) is 3.30. The summed E-state index contributed by atoms with van der Waals surface area (Å²) in [5.41, 5.74) is 0. The Morgan fingerprint density at radius 3 is 0.984 bits per heavy atom. The number of hydrogen-bond donors (Lipinski definition) is 0. The topological polar surface area (TPSA) is 155 Å². The number of carbonyl (C=O) groups excluding carboxylic acids is 4. The third-order valence-corrected chi connectivity index (χ3v) is 11.6. The van der Waals surface area contributed by atoms with Gasteiger partial charge in [-0.05, 0) is 90.4 Å². The molecular weight excluding hydrogens is 801 g/mol. The van der Waals surface area contributed by atoms with E-state index in [1.165, 1.54) is 0 Å². The Kier molecular flexibility index (Phi) is 27.9. The van der Waals surface area contributed by atoms with Crippen molar-refractivity contribution in [1.82, 2.24) is 19.6 Å². The molecule has 4 aliphatic rings. The predicted molar refractivity (Wildman–Crippen MR) is 234 cm³/mol. The molecule has 354 valence electrons. The molecule has 0 saturated carbocycles. The van der Waals surface area contributed by atoms with Gasteiger partial charge in [0.2, 0.25) is 0 Å². The molecule has 0 N–H and O–H groups in total. The van der Waals surface area contributed by atoms with Crippen molar-refractivity contribution in [1.29, 1.82) is 0 Å². The summed E-state index contributed by atoms with van der Waals surface area (Å²) in [5, 5.41) is 0. The normalized spacial score (nSPS) is 21.0. The van der Waals surface area contributed by atoms with E-state index in [-0.39, 0.29) is 12.2 Å².